The highest BCUT2D eigenvalue weighted by atomic mass is 32.1. The lowest BCUT2D eigenvalue weighted by Gasteiger charge is -2.23. The largest absolute Gasteiger partial charge is 0.456 e. The fourth-order valence-corrected chi connectivity index (χ4v) is 11.4. The molecule has 0 radical (unpaired) electrons. The van der Waals surface area contributed by atoms with E-state index >= 15 is 0 Å². The van der Waals surface area contributed by atoms with Crippen molar-refractivity contribution in [2.24, 2.45) is 9.98 Å². The Kier molecular flexibility index (Phi) is 8.79. The van der Waals surface area contributed by atoms with Gasteiger partial charge in [-0.3, -0.25) is 0 Å². The van der Waals surface area contributed by atoms with Crippen LogP contribution in [0.4, 0.5) is 0 Å². The maximum absolute atomic E-state index is 6.59. The summed E-state index contributed by atoms with van der Waals surface area (Å²) < 4.78 is 9.12. The fourth-order valence-electron chi connectivity index (χ4n) is 10.3. The van der Waals surface area contributed by atoms with E-state index < -0.39 is 0 Å². The molecule has 1 aliphatic rings. The zero-order chi connectivity index (χ0) is 44.7. The molecule has 11 aromatic carbocycles. The minimum Gasteiger partial charge on any atom is -0.456 e. The zero-order valence-electron chi connectivity index (χ0n) is 36.7. The molecule has 4 nitrogen and oxygen atoms in total. The van der Waals surface area contributed by atoms with Gasteiger partial charge in [-0.05, 0) is 138 Å². The molecule has 1 aliphatic heterocycles. The van der Waals surface area contributed by atoms with Crippen LogP contribution in [-0.4, -0.2) is 11.7 Å². The number of amidine groups is 2. The van der Waals surface area contributed by atoms with Crippen molar-refractivity contribution in [1.29, 1.82) is 0 Å². The molecule has 3 heterocycles. The minimum absolute atomic E-state index is 0.304. The van der Waals surface area contributed by atoms with Crippen molar-refractivity contribution in [3.8, 4) is 33.4 Å². The molecular weight excluding hydrogens is 847 g/mol. The number of thiophene rings is 1. The van der Waals surface area contributed by atoms with Crippen LogP contribution in [-0.2, 0) is 0 Å². The summed E-state index contributed by atoms with van der Waals surface area (Å²) in [5.74, 6) is 1.45. The molecule has 5 heteroatoms. The molecule has 0 fully saturated rings. The van der Waals surface area contributed by atoms with Crippen LogP contribution in [0.15, 0.2) is 239 Å². The zero-order valence-corrected chi connectivity index (χ0v) is 37.5. The second-order valence-corrected chi connectivity index (χ2v) is 18.8. The first-order valence-electron chi connectivity index (χ1n) is 23.1. The molecule has 13 aromatic rings. The molecule has 1 unspecified atom stereocenters. The van der Waals surface area contributed by atoms with Crippen LogP contribution in [0.2, 0.25) is 0 Å². The first-order valence-corrected chi connectivity index (χ1v) is 23.9. The van der Waals surface area contributed by atoms with Gasteiger partial charge in [0.2, 0.25) is 0 Å². The van der Waals surface area contributed by atoms with E-state index in [0.717, 1.165) is 55.6 Å². The third-order valence-corrected chi connectivity index (χ3v) is 14.9. The molecule has 0 aliphatic carbocycles. The Hall–Kier alpha value is -8.64. The van der Waals surface area contributed by atoms with Crippen LogP contribution in [0.25, 0.3) is 108 Å². The van der Waals surface area contributed by atoms with E-state index in [1.54, 1.807) is 0 Å². The Morgan fingerprint density at radius 3 is 1.56 bits per heavy atom. The van der Waals surface area contributed by atoms with E-state index in [1.807, 2.05) is 17.4 Å². The van der Waals surface area contributed by atoms with Crippen LogP contribution in [0, 0.1) is 0 Å². The molecule has 68 heavy (non-hydrogen) atoms. The molecule has 1 atom stereocenters. The average Bonchev–Trinajstić information content (AvgIpc) is 3.98. The van der Waals surface area contributed by atoms with Crippen LogP contribution < -0.4 is 5.32 Å². The molecule has 1 N–H and O–H groups in total. The van der Waals surface area contributed by atoms with Gasteiger partial charge in [0.15, 0.2) is 5.84 Å². The van der Waals surface area contributed by atoms with E-state index in [1.165, 1.54) is 74.7 Å². The normalized spacial score (nSPS) is 14.0. The van der Waals surface area contributed by atoms with Crippen molar-refractivity contribution in [1.82, 2.24) is 5.32 Å². The van der Waals surface area contributed by atoms with Crippen LogP contribution >= 0.6 is 11.3 Å². The van der Waals surface area contributed by atoms with Crippen molar-refractivity contribution >= 4 is 97.4 Å². The van der Waals surface area contributed by atoms with Gasteiger partial charge in [-0.15, -0.1) is 11.3 Å². The summed E-state index contributed by atoms with van der Waals surface area (Å²) in [7, 11) is 0. The highest BCUT2D eigenvalue weighted by molar-refractivity contribution is 7.25. The smallest absolute Gasteiger partial charge is 0.159 e. The first kappa shape index (κ1) is 38.6. The molecule has 0 amide bonds. The number of fused-ring (bicyclic) bond motifs is 12. The van der Waals surface area contributed by atoms with Crippen LogP contribution in [0.1, 0.15) is 22.9 Å². The molecule has 14 rings (SSSR count). The van der Waals surface area contributed by atoms with Crippen molar-refractivity contribution in [2.45, 2.75) is 6.17 Å². The van der Waals surface area contributed by atoms with Crippen LogP contribution in [0.3, 0.4) is 0 Å². The topological polar surface area (TPSA) is 49.9 Å². The summed E-state index contributed by atoms with van der Waals surface area (Å²) in [4.78, 5) is 10.4. The Labute approximate surface area is 395 Å². The molecule has 2 aromatic heterocycles. The van der Waals surface area contributed by atoms with Gasteiger partial charge in [0, 0.05) is 42.1 Å². The van der Waals surface area contributed by atoms with Gasteiger partial charge in [-0.1, -0.05) is 158 Å². The van der Waals surface area contributed by atoms with Crippen molar-refractivity contribution in [2.75, 3.05) is 0 Å². The lowest BCUT2D eigenvalue weighted by molar-refractivity contribution is 0.666. The maximum atomic E-state index is 6.59. The third-order valence-electron chi connectivity index (χ3n) is 13.7. The number of aliphatic imine (C=N–C) groups is 2. The minimum atomic E-state index is -0.304. The summed E-state index contributed by atoms with van der Waals surface area (Å²) >= 11 is 1.82. The summed E-state index contributed by atoms with van der Waals surface area (Å²) in [6, 6.07) is 80.7. The van der Waals surface area contributed by atoms with Gasteiger partial charge in [0.1, 0.15) is 23.2 Å². The van der Waals surface area contributed by atoms with E-state index in [2.05, 4.69) is 224 Å². The van der Waals surface area contributed by atoms with E-state index in [9.17, 15) is 0 Å². The average molecular weight is 886 g/mol. The number of hydrogen-bond donors (Lipinski definition) is 1. The number of furan rings is 1. The highest BCUT2D eigenvalue weighted by Gasteiger charge is 2.23. The number of nitrogens with zero attached hydrogens (tertiary/aromatic N) is 2. The van der Waals surface area contributed by atoms with Gasteiger partial charge in [-0.25, -0.2) is 9.98 Å². The Morgan fingerprint density at radius 2 is 0.853 bits per heavy atom. The summed E-state index contributed by atoms with van der Waals surface area (Å²) in [5.41, 5.74) is 11.7. The SMILES string of the molecule is c1ccc(C2N=C(c3ccc4sc5ccccc5c4c3)N=C(c3ccc4c(c3)oc3ccc(-c5cccc(-c6cccc(-c7ccc8c9ccccc9c9ccccc9c8c7)c6)c5)cc34)N2)cc1. The van der Waals surface area contributed by atoms with E-state index in [-0.39, 0.29) is 6.17 Å². The second-order valence-electron chi connectivity index (χ2n) is 17.7. The van der Waals surface area contributed by atoms with Gasteiger partial charge < -0.3 is 9.73 Å². The first-order chi connectivity index (χ1) is 33.6. The summed E-state index contributed by atoms with van der Waals surface area (Å²) in [5, 5.41) is 16.0. The van der Waals surface area contributed by atoms with Crippen molar-refractivity contribution < 1.29 is 4.42 Å². The fraction of sp³-hybridized carbons (Fsp3) is 0.0159. The number of nitrogens with one attached hydrogen (secondary N) is 1. The van der Waals surface area contributed by atoms with Crippen LogP contribution in [0.5, 0.6) is 0 Å². The van der Waals surface area contributed by atoms with Gasteiger partial charge in [0.05, 0.1) is 0 Å². The lowest BCUT2D eigenvalue weighted by Crippen LogP contribution is -2.33. The molecule has 0 saturated heterocycles. The molecule has 0 spiro atoms. The van der Waals surface area contributed by atoms with Gasteiger partial charge in [-0.2, -0.15) is 0 Å². The Bertz CT molecular complexity index is 4220. The predicted octanol–water partition coefficient (Wildman–Crippen LogP) is 16.9. The lowest BCUT2D eigenvalue weighted by atomic mass is 9.91. The number of benzene rings is 11. The van der Waals surface area contributed by atoms with Crippen molar-refractivity contribution in [3.05, 3.63) is 241 Å². The van der Waals surface area contributed by atoms with E-state index in [4.69, 9.17) is 14.4 Å². The van der Waals surface area contributed by atoms with Crippen molar-refractivity contribution in [3.63, 3.8) is 0 Å². The monoisotopic (exact) mass is 885 g/mol. The Morgan fingerprint density at radius 1 is 0.338 bits per heavy atom. The summed E-state index contributed by atoms with van der Waals surface area (Å²) in [6.07, 6.45) is -0.304. The van der Waals surface area contributed by atoms with E-state index in [0.29, 0.717) is 5.84 Å². The third kappa shape index (κ3) is 6.43. The summed E-state index contributed by atoms with van der Waals surface area (Å²) in [6.45, 7) is 0. The predicted molar refractivity (Wildman–Crippen MR) is 287 cm³/mol. The number of hydrogen-bond acceptors (Lipinski definition) is 5. The standard InChI is InChI=1S/C63H39N3OS/c1-2-12-38(13-3-1)61-64-62(45-27-31-60-56(36-45)53-22-8-9-23-59(53)68-60)66-63(65-61)46-25-29-52-55-35-44(26-30-57(55)67-58(52)37-46)42-17-11-15-40(33-42)39-14-10-16-41(32-39)43-24-28-51-49-20-5-4-18-47(49)48-19-6-7-21-50(48)54(51)34-43/h1-37,61H,(H,64,65,66). The molecule has 0 bridgehead atoms. The Balaban J connectivity index is 0.795. The highest BCUT2D eigenvalue weighted by Crippen LogP contribution is 2.40. The molecule has 0 saturated carbocycles. The maximum Gasteiger partial charge on any atom is 0.159 e. The second kappa shape index (κ2) is 15.5. The molecular formula is C63H39N3OS. The molecule has 318 valence electrons. The number of rotatable bonds is 6. The quantitative estimate of drug-likeness (QED) is 0.169. The van der Waals surface area contributed by atoms with Gasteiger partial charge in [0.25, 0.3) is 0 Å². The van der Waals surface area contributed by atoms with Gasteiger partial charge >= 0.3 is 0 Å².